The molecule has 0 heterocycles. The van der Waals surface area contributed by atoms with Crippen molar-refractivity contribution in [2.75, 3.05) is 14.2 Å². The number of fused-ring (bicyclic) bond motifs is 5. The van der Waals surface area contributed by atoms with Gasteiger partial charge in [0.2, 0.25) is 11.6 Å². The quantitative estimate of drug-likeness (QED) is 0.417. The zero-order chi connectivity index (χ0) is 17.8. The van der Waals surface area contributed by atoms with Gasteiger partial charge < -0.3 is 9.47 Å². The third kappa shape index (κ3) is 1.37. The van der Waals surface area contributed by atoms with Crippen LogP contribution in [0.25, 0.3) is 0 Å². The third-order valence-electron chi connectivity index (χ3n) is 4.71. The van der Waals surface area contributed by atoms with E-state index in [-0.39, 0.29) is 15.1 Å². The lowest BCUT2D eigenvalue weighted by Crippen LogP contribution is -2.62. The molecule has 0 aromatic carbocycles. The topological polar surface area (TPSA) is 35.5 Å². The van der Waals surface area contributed by atoms with Gasteiger partial charge in [-0.15, -0.1) is 46.4 Å². The molecule has 3 aliphatic carbocycles. The molecule has 0 amide bonds. The highest BCUT2D eigenvalue weighted by Gasteiger charge is 2.99. The average Bonchev–Trinajstić information content (AvgIpc) is 2.82. The monoisotopic (exact) mass is 478 g/mol. The summed E-state index contributed by atoms with van der Waals surface area (Å²) in [6.07, 6.45) is 0. The van der Waals surface area contributed by atoms with E-state index in [9.17, 15) is 4.79 Å². The lowest BCUT2D eigenvalue weighted by molar-refractivity contribution is -0.218. The van der Waals surface area contributed by atoms with Crippen molar-refractivity contribution in [2.24, 2.45) is 0 Å². The number of ether oxygens (including phenoxy) is 2. The number of rotatable bonds is 2. The van der Waals surface area contributed by atoms with E-state index in [0.717, 1.165) is 0 Å². The van der Waals surface area contributed by atoms with Crippen molar-refractivity contribution in [3.63, 3.8) is 0 Å². The fourth-order valence-electron chi connectivity index (χ4n) is 3.72. The molecule has 0 unspecified atom stereocenters. The summed E-state index contributed by atoms with van der Waals surface area (Å²) < 4.78 is 10.9. The number of hydrogen-bond acceptors (Lipinski definition) is 3. The summed E-state index contributed by atoms with van der Waals surface area (Å²) in [6, 6.07) is 0. The predicted molar refractivity (Wildman–Crippen MR) is 93.6 cm³/mol. The van der Waals surface area contributed by atoms with Crippen molar-refractivity contribution in [1.29, 1.82) is 0 Å². The fourth-order valence-corrected chi connectivity index (χ4v) is 8.06. The molecule has 4 atom stereocenters. The molecule has 11 heteroatoms. The molecule has 3 rings (SSSR count). The van der Waals surface area contributed by atoms with Gasteiger partial charge in [0.25, 0.3) is 0 Å². The van der Waals surface area contributed by atoms with Gasteiger partial charge in [0.1, 0.15) is 9.91 Å². The third-order valence-corrected chi connectivity index (χ3v) is 10.2. The number of carbonyl (C=O) groups is 1. The summed E-state index contributed by atoms with van der Waals surface area (Å²) in [5, 5.41) is -1.12. The summed E-state index contributed by atoms with van der Waals surface area (Å²) in [6.45, 7) is 0. The van der Waals surface area contributed by atoms with Crippen molar-refractivity contribution in [1.82, 2.24) is 0 Å². The van der Waals surface area contributed by atoms with Crippen molar-refractivity contribution in [3.05, 3.63) is 20.1 Å². The summed E-state index contributed by atoms with van der Waals surface area (Å²) in [5.74, 6) is -2.83. The van der Waals surface area contributed by atoms with Crippen LogP contribution >= 0.6 is 92.8 Å². The Balaban J connectivity index is 2.56. The Bertz CT molecular complexity index is 715. The molecule has 2 bridgehead atoms. The highest BCUT2D eigenvalue weighted by molar-refractivity contribution is 6.70. The Morgan fingerprint density at radius 3 is 1.48 bits per heavy atom. The second-order valence-corrected chi connectivity index (χ2v) is 9.02. The number of allylic oxidation sites excluding steroid dienone is 2. The second-order valence-electron chi connectivity index (χ2n) is 5.24. The van der Waals surface area contributed by atoms with E-state index in [1.54, 1.807) is 0 Å². The normalized spacial score (nSPS) is 47.8. The minimum Gasteiger partial charge on any atom is -0.349 e. The van der Waals surface area contributed by atoms with Crippen molar-refractivity contribution < 1.29 is 14.3 Å². The largest absolute Gasteiger partial charge is 0.349 e. The number of ketones is 1. The number of alkyl halides is 4. The average molecular weight is 482 g/mol. The summed E-state index contributed by atoms with van der Waals surface area (Å²) in [5.41, 5.74) is 0. The Kier molecular flexibility index (Phi) is 4.17. The van der Waals surface area contributed by atoms with Crippen LogP contribution in [0.1, 0.15) is 0 Å². The lowest BCUT2D eigenvalue weighted by Gasteiger charge is -2.43. The highest BCUT2D eigenvalue weighted by Crippen LogP contribution is 2.83. The molecule has 0 aliphatic heterocycles. The van der Waals surface area contributed by atoms with E-state index in [1.807, 2.05) is 0 Å². The van der Waals surface area contributed by atoms with Gasteiger partial charge in [0.05, 0.1) is 15.1 Å². The van der Waals surface area contributed by atoms with Crippen LogP contribution in [-0.2, 0) is 14.3 Å². The molecular weight excluding hydrogens is 476 g/mol. The Morgan fingerprint density at radius 1 is 0.696 bits per heavy atom. The summed E-state index contributed by atoms with van der Waals surface area (Å²) >= 11 is 51.6. The summed E-state index contributed by atoms with van der Waals surface area (Å²) in [4.78, 5) is 4.47. The van der Waals surface area contributed by atoms with Crippen LogP contribution in [0.4, 0.5) is 0 Å². The van der Waals surface area contributed by atoms with E-state index < -0.39 is 36.1 Å². The molecule has 0 radical (unpaired) electrons. The number of Topliss-reactive ketones (excluding diaryl/α,β-unsaturated/α-hetero) is 1. The van der Waals surface area contributed by atoms with Crippen LogP contribution in [0.3, 0.4) is 0 Å². The van der Waals surface area contributed by atoms with Crippen molar-refractivity contribution in [2.45, 2.75) is 25.3 Å². The predicted octanol–water partition coefficient (Wildman–Crippen LogP) is 4.87. The molecule has 1 saturated carbocycles. The first-order chi connectivity index (χ1) is 10.4. The van der Waals surface area contributed by atoms with Gasteiger partial charge in [-0.05, 0) is 0 Å². The summed E-state index contributed by atoms with van der Waals surface area (Å²) in [7, 11) is 2.48. The first-order valence-electron chi connectivity index (χ1n) is 5.94. The second kappa shape index (κ2) is 5.01. The minimum absolute atomic E-state index is 0.192. The van der Waals surface area contributed by atoms with Crippen molar-refractivity contribution in [3.8, 4) is 0 Å². The molecule has 128 valence electrons. The van der Waals surface area contributed by atoms with Gasteiger partial charge in [-0.2, -0.15) is 0 Å². The van der Waals surface area contributed by atoms with Gasteiger partial charge in [-0.1, -0.05) is 46.4 Å². The maximum atomic E-state index is 12.8. The molecule has 23 heavy (non-hydrogen) atoms. The maximum absolute atomic E-state index is 12.8. The standard InChI is InChI=1S/C12H6Cl8O3/c1-22-12(23-2)9(18)5(15)6(16)10(12,19)11(20)7(21)3(13)4(14)8(9,11)17/h1-2H3/t8-,9+,10-,11+/m0/s1. The highest BCUT2D eigenvalue weighted by atomic mass is 35.5. The van der Waals surface area contributed by atoms with Gasteiger partial charge in [-0.25, -0.2) is 0 Å². The van der Waals surface area contributed by atoms with Crippen molar-refractivity contribution >= 4 is 98.6 Å². The fraction of sp³-hybridized carbons (Fsp3) is 0.583. The Hall–Kier alpha value is 1.39. The van der Waals surface area contributed by atoms with Gasteiger partial charge >= 0.3 is 0 Å². The Morgan fingerprint density at radius 2 is 1.09 bits per heavy atom. The SMILES string of the molecule is COC1(OC)[C@]2(Cl)C(Cl)=C(Cl)[C@@]1(Cl)[C@@]1(Cl)C(Cl)=C(Cl)C(=O)[C@@]12Cl. The first-order valence-corrected chi connectivity index (χ1v) is 8.96. The first kappa shape index (κ1) is 19.2. The van der Waals surface area contributed by atoms with Crippen LogP contribution < -0.4 is 0 Å². The van der Waals surface area contributed by atoms with Gasteiger partial charge in [-0.3, -0.25) is 4.79 Å². The van der Waals surface area contributed by atoms with E-state index >= 15 is 0 Å². The van der Waals surface area contributed by atoms with Crippen LogP contribution in [-0.4, -0.2) is 45.3 Å². The van der Waals surface area contributed by atoms with E-state index in [1.165, 1.54) is 14.2 Å². The zero-order valence-electron chi connectivity index (χ0n) is 11.2. The van der Waals surface area contributed by atoms with Gasteiger partial charge in [0.15, 0.2) is 14.6 Å². The smallest absolute Gasteiger partial charge is 0.221 e. The Labute approximate surface area is 171 Å². The molecule has 3 aliphatic rings. The van der Waals surface area contributed by atoms with Crippen LogP contribution in [0.15, 0.2) is 20.1 Å². The van der Waals surface area contributed by atoms with Crippen LogP contribution in [0.5, 0.6) is 0 Å². The van der Waals surface area contributed by atoms with Crippen LogP contribution in [0.2, 0.25) is 0 Å². The molecular formula is C12H6Cl8O3. The molecule has 0 aromatic rings. The molecule has 0 saturated heterocycles. The number of carbonyl (C=O) groups excluding carboxylic acids is 1. The van der Waals surface area contributed by atoms with E-state index in [0.29, 0.717) is 0 Å². The molecule has 0 aromatic heterocycles. The van der Waals surface area contributed by atoms with Gasteiger partial charge in [0, 0.05) is 14.2 Å². The molecule has 0 spiro atoms. The molecule has 3 nitrogen and oxygen atoms in total. The van der Waals surface area contributed by atoms with E-state index in [4.69, 9.17) is 102 Å². The number of halogens is 8. The lowest BCUT2D eigenvalue weighted by atomic mass is 9.82. The van der Waals surface area contributed by atoms with E-state index in [2.05, 4.69) is 0 Å². The molecule has 0 N–H and O–H groups in total. The maximum Gasteiger partial charge on any atom is 0.221 e. The number of methoxy groups -OCH3 is 2. The minimum atomic E-state index is -2.18. The molecule has 1 fully saturated rings. The van der Waals surface area contributed by atoms with Crippen LogP contribution in [0, 0.1) is 0 Å². The number of hydrogen-bond donors (Lipinski definition) is 0. The zero-order valence-corrected chi connectivity index (χ0v) is 17.3.